The number of fused-ring (bicyclic) bond motifs is 2. The molecule has 6 rings (SSSR count). The van der Waals surface area contributed by atoms with Crippen molar-refractivity contribution < 1.29 is 29.0 Å². The Labute approximate surface area is 275 Å². The first-order valence-electron chi connectivity index (χ1n) is 16.3. The van der Waals surface area contributed by atoms with Crippen molar-refractivity contribution in [1.29, 1.82) is 0 Å². The van der Waals surface area contributed by atoms with Crippen LogP contribution in [0.3, 0.4) is 0 Å². The summed E-state index contributed by atoms with van der Waals surface area (Å²) in [5.74, 6) is -1.83. The maximum absolute atomic E-state index is 14.8. The lowest BCUT2D eigenvalue weighted by atomic mass is 9.73. The molecule has 5 atom stereocenters. The average Bonchev–Trinajstić information content (AvgIpc) is 3.33. The molecule has 3 amide bonds. The summed E-state index contributed by atoms with van der Waals surface area (Å²) in [5, 5.41) is 9.83. The van der Waals surface area contributed by atoms with E-state index in [0.717, 1.165) is 5.56 Å². The van der Waals surface area contributed by atoms with E-state index >= 15 is 0 Å². The van der Waals surface area contributed by atoms with E-state index in [1.807, 2.05) is 81.5 Å². The molecule has 0 saturated carbocycles. The maximum Gasteiger partial charge on any atom is 0.253 e. The van der Waals surface area contributed by atoms with Gasteiger partial charge in [-0.2, -0.15) is 0 Å². The van der Waals surface area contributed by atoms with Crippen molar-refractivity contribution in [3.8, 4) is 5.75 Å². The van der Waals surface area contributed by atoms with Crippen molar-refractivity contribution >= 4 is 40.7 Å². The number of unbranched alkanes of at least 4 members (excludes halogenated alkanes) is 2. The number of nitrogens with zero attached hydrogens (tertiary/aromatic N) is 3. The van der Waals surface area contributed by atoms with Crippen molar-refractivity contribution in [2.75, 3.05) is 42.6 Å². The Morgan fingerprint density at radius 1 is 0.913 bits per heavy atom. The van der Waals surface area contributed by atoms with Gasteiger partial charge in [-0.15, -0.1) is 0 Å². The number of likely N-dealkylation sites (tertiary alicyclic amines) is 1. The Balaban J connectivity index is 1.45. The second-order valence-electron chi connectivity index (χ2n) is 12.5. The fourth-order valence-corrected chi connectivity index (χ4v) is 8.18. The van der Waals surface area contributed by atoms with Crippen LogP contribution in [0.1, 0.15) is 45.1 Å². The first-order valence-corrected chi connectivity index (χ1v) is 16.7. The third-order valence-corrected chi connectivity index (χ3v) is 10.2. The molecule has 1 unspecified atom stereocenters. The van der Waals surface area contributed by atoms with Gasteiger partial charge in [-0.1, -0.05) is 55.0 Å². The number of carbonyl (C=O) groups is 3. The van der Waals surface area contributed by atoms with Gasteiger partial charge >= 0.3 is 0 Å². The third-order valence-electron chi connectivity index (χ3n) is 9.91. The summed E-state index contributed by atoms with van der Waals surface area (Å²) in [4.78, 5) is 49.3. The van der Waals surface area contributed by atoms with Crippen molar-refractivity contribution in [3.05, 3.63) is 77.4 Å². The first kappa shape index (κ1) is 32.3. The molecule has 2 fully saturated rings. The highest BCUT2D eigenvalue weighted by atomic mass is 35.5. The molecule has 2 aromatic carbocycles. The minimum atomic E-state index is -1.36. The number of carbonyl (C=O) groups excluding carboxylic acids is 3. The standard InChI is InChI=1S/C36H42ClN3O6/c1-4-35-18-10-21-38(25-14-16-26(17-15-25)45-5-2)32(42)28(35)29-33(43)40(20-7-6-8-23-41)31-34(44)39(22-11-19-36(29,31)46-35)30-24(3)12-9-13-27(30)37/h9-19,28-29,31,41H,4-8,20-23H2,1-3H3/t28-,29+,31?,35+,36+/m1/s1. The highest BCUT2D eigenvalue weighted by molar-refractivity contribution is 6.34. The van der Waals surface area contributed by atoms with Gasteiger partial charge in [-0.05, 0) is 75.4 Å². The number of ether oxygens (including phenoxy) is 2. The largest absolute Gasteiger partial charge is 0.494 e. The fourth-order valence-electron chi connectivity index (χ4n) is 7.86. The number of rotatable bonds is 10. The van der Waals surface area contributed by atoms with Gasteiger partial charge in [0, 0.05) is 31.9 Å². The molecular weight excluding hydrogens is 606 g/mol. The molecular formula is C36H42ClN3O6. The molecule has 4 aliphatic rings. The minimum absolute atomic E-state index is 0.0532. The van der Waals surface area contributed by atoms with Crippen LogP contribution in [-0.2, 0) is 19.1 Å². The molecule has 244 valence electrons. The Kier molecular flexibility index (Phi) is 9.02. The number of benzene rings is 2. The van der Waals surface area contributed by atoms with E-state index in [4.69, 9.17) is 21.1 Å². The number of aryl methyl sites for hydroxylation is 1. The summed E-state index contributed by atoms with van der Waals surface area (Å²) in [6, 6.07) is 11.9. The van der Waals surface area contributed by atoms with Crippen LogP contribution in [0.5, 0.6) is 5.75 Å². The molecule has 4 aliphatic heterocycles. The Morgan fingerprint density at radius 2 is 1.65 bits per heavy atom. The number of amides is 3. The van der Waals surface area contributed by atoms with E-state index < -0.39 is 29.1 Å². The Bertz CT molecular complexity index is 1540. The van der Waals surface area contributed by atoms with Gasteiger partial charge in [0.1, 0.15) is 17.4 Å². The van der Waals surface area contributed by atoms with E-state index in [2.05, 4.69) is 0 Å². The van der Waals surface area contributed by atoms with Crippen LogP contribution in [-0.4, -0.2) is 77.8 Å². The van der Waals surface area contributed by atoms with Crippen LogP contribution < -0.4 is 14.5 Å². The van der Waals surface area contributed by atoms with Crippen molar-refractivity contribution in [2.45, 2.75) is 63.7 Å². The summed E-state index contributed by atoms with van der Waals surface area (Å²) in [6.07, 6.45) is 9.95. The van der Waals surface area contributed by atoms with Crippen molar-refractivity contribution in [2.24, 2.45) is 11.8 Å². The summed E-state index contributed by atoms with van der Waals surface area (Å²) in [7, 11) is 0. The van der Waals surface area contributed by atoms with Gasteiger partial charge in [-0.3, -0.25) is 14.4 Å². The van der Waals surface area contributed by atoms with Crippen LogP contribution >= 0.6 is 11.6 Å². The topological polar surface area (TPSA) is 99.6 Å². The number of halogens is 1. The number of para-hydroxylation sites is 1. The zero-order chi connectivity index (χ0) is 32.6. The summed E-state index contributed by atoms with van der Waals surface area (Å²) < 4.78 is 12.7. The second-order valence-corrected chi connectivity index (χ2v) is 12.9. The zero-order valence-corrected chi connectivity index (χ0v) is 27.4. The summed E-state index contributed by atoms with van der Waals surface area (Å²) in [5.41, 5.74) is -0.313. The smallest absolute Gasteiger partial charge is 0.253 e. The lowest BCUT2D eigenvalue weighted by molar-refractivity contribution is -0.145. The number of hydrogen-bond donors (Lipinski definition) is 1. The first-order chi connectivity index (χ1) is 22.2. The van der Waals surface area contributed by atoms with Gasteiger partial charge in [-0.25, -0.2) is 0 Å². The lowest BCUT2D eigenvalue weighted by Crippen LogP contribution is -2.56. The minimum Gasteiger partial charge on any atom is -0.494 e. The number of aliphatic hydroxyl groups is 1. The van der Waals surface area contributed by atoms with E-state index in [1.54, 1.807) is 20.8 Å². The van der Waals surface area contributed by atoms with Crippen LogP contribution in [0.2, 0.25) is 5.02 Å². The van der Waals surface area contributed by atoms with E-state index in [9.17, 15) is 19.5 Å². The van der Waals surface area contributed by atoms with Gasteiger partial charge in [0.05, 0.1) is 34.8 Å². The van der Waals surface area contributed by atoms with Gasteiger partial charge < -0.3 is 29.3 Å². The molecule has 0 aromatic heterocycles. The van der Waals surface area contributed by atoms with Crippen LogP contribution in [0.25, 0.3) is 0 Å². The normalized spacial score (nSPS) is 28.7. The highest BCUT2D eigenvalue weighted by Gasteiger charge is 2.75. The maximum atomic E-state index is 14.8. The van der Waals surface area contributed by atoms with Crippen molar-refractivity contribution in [1.82, 2.24) is 4.90 Å². The zero-order valence-electron chi connectivity index (χ0n) is 26.7. The molecule has 1 spiro atoms. The average molecular weight is 648 g/mol. The fraction of sp³-hybridized carbons (Fsp3) is 0.472. The molecule has 4 heterocycles. The summed E-state index contributed by atoms with van der Waals surface area (Å²) in [6.45, 7) is 7.25. The SMILES string of the molecule is CCOc1ccc(N2CC=C[C@]3(CC)O[C@]45C=CCN(c6c(C)cccc6Cl)C(=O)C4N(CCCCCO)C(=O)[C@@H]5[C@@H]3C2=O)cc1. The number of hydrogen-bond acceptors (Lipinski definition) is 6. The molecule has 0 radical (unpaired) electrons. The summed E-state index contributed by atoms with van der Waals surface area (Å²) >= 11 is 6.68. The molecule has 9 nitrogen and oxygen atoms in total. The second kappa shape index (κ2) is 12.9. The molecule has 10 heteroatoms. The van der Waals surface area contributed by atoms with E-state index in [0.29, 0.717) is 67.5 Å². The van der Waals surface area contributed by atoms with Gasteiger partial charge in [0.15, 0.2) is 0 Å². The monoisotopic (exact) mass is 647 g/mol. The van der Waals surface area contributed by atoms with Crippen LogP contribution in [0, 0.1) is 18.8 Å². The predicted molar refractivity (Wildman–Crippen MR) is 177 cm³/mol. The van der Waals surface area contributed by atoms with Crippen molar-refractivity contribution in [3.63, 3.8) is 0 Å². The molecule has 2 saturated heterocycles. The predicted octanol–water partition coefficient (Wildman–Crippen LogP) is 5.08. The van der Waals surface area contributed by atoms with Gasteiger partial charge in [0.2, 0.25) is 11.8 Å². The Morgan fingerprint density at radius 3 is 2.35 bits per heavy atom. The number of aliphatic hydroxyl groups excluding tert-OH is 1. The molecule has 1 N–H and O–H groups in total. The third kappa shape index (κ3) is 5.13. The van der Waals surface area contributed by atoms with E-state index in [-0.39, 0.29) is 30.9 Å². The van der Waals surface area contributed by atoms with Crippen LogP contribution in [0.4, 0.5) is 11.4 Å². The molecule has 2 aromatic rings. The molecule has 0 aliphatic carbocycles. The highest BCUT2D eigenvalue weighted by Crippen LogP contribution is 2.59. The quantitative estimate of drug-likeness (QED) is 0.285. The van der Waals surface area contributed by atoms with Gasteiger partial charge in [0.25, 0.3) is 5.91 Å². The molecule has 0 bridgehead atoms. The number of anilines is 2. The van der Waals surface area contributed by atoms with E-state index in [1.165, 1.54) is 0 Å². The lowest BCUT2D eigenvalue weighted by Gasteiger charge is -2.38. The molecule has 46 heavy (non-hydrogen) atoms. The van der Waals surface area contributed by atoms with Crippen LogP contribution in [0.15, 0.2) is 66.8 Å². The Hall–Kier alpha value is -3.66.